The van der Waals surface area contributed by atoms with Crippen LogP contribution in [0.5, 0.6) is 0 Å². The zero-order valence-electron chi connectivity index (χ0n) is 10.2. The van der Waals surface area contributed by atoms with Gasteiger partial charge in [0.2, 0.25) is 0 Å². The molecule has 0 aliphatic rings. The maximum Gasteiger partial charge on any atom is 0.171 e. The standard InChI is InChI=1S/C12H18N2O3S/c1-9-4-2-3-5-10(9)13-11(18)14-12(6-15,7-16)8-17/h2-5,15-17H,6-8H2,1H3,(H2,13,14,18). The Morgan fingerprint density at radius 3 is 2.22 bits per heavy atom. The number of aryl methyl sites for hydroxylation is 1. The summed E-state index contributed by atoms with van der Waals surface area (Å²) in [7, 11) is 0. The highest BCUT2D eigenvalue weighted by Gasteiger charge is 2.28. The van der Waals surface area contributed by atoms with Crippen LogP contribution in [0.1, 0.15) is 5.56 Å². The Morgan fingerprint density at radius 1 is 1.17 bits per heavy atom. The van der Waals surface area contributed by atoms with Crippen LogP contribution in [0.3, 0.4) is 0 Å². The van der Waals surface area contributed by atoms with Crippen LogP contribution < -0.4 is 10.6 Å². The minimum atomic E-state index is -1.22. The van der Waals surface area contributed by atoms with Gasteiger partial charge in [0.1, 0.15) is 5.54 Å². The normalized spacial score (nSPS) is 11.1. The lowest BCUT2D eigenvalue weighted by atomic mass is 10.0. The molecule has 5 N–H and O–H groups in total. The summed E-state index contributed by atoms with van der Waals surface area (Å²) in [5.41, 5.74) is 0.634. The molecule has 0 aliphatic carbocycles. The molecule has 0 aliphatic heterocycles. The number of aliphatic hydroxyl groups is 3. The quantitative estimate of drug-likeness (QED) is 0.484. The molecule has 0 unspecified atom stereocenters. The monoisotopic (exact) mass is 270 g/mol. The number of hydrogen-bond acceptors (Lipinski definition) is 4. The molecule has 5 nitrogen and oxygen atoms in total. The third-order valence-electron chi connectivity index (χ3n) is 2.68. The molecule has 100 valence electrons. The van der Waals surface area contributed by atoms with Crippen molar-refractivity contribution in [1.82, 2.24) is 5.32 Å². The van der Waals surface area contributed by atoms with E-state index >= 15 is 0 Å². The van der Waals surface area contributed by atoms with E-state index in [4.69, 9.17) is 12.2 Å². The average Bonchev–Trinajstić information content (AvgIpc) is 2.39. The van der Waals surface area contributed by atoms with Crippen molar-refractivity contribution in [3.8, 4) is 0 Å². The van der Waals surface area contributed by atoms with Crippen LogP contribution in [0, 0.1) is 6.92 Å². The molecule has 0 heterocycles. The maximum absolute atomic E-state index is 9.18. The van der Waals surface area contributed by atoms with Gasteiger partial charge in [0.05, 0.1) is 19.8 Å². The largest absolute Gasteiger partial charge is 0.394 e. The molecule has 0 aromatic heterocycles. The van der Waals surface area contributed by atoms with Gasteiger partial charge in [-0.3, -0.25) is 0 Å². The highest BCUT2D eigenvalue weighted by atomic mass is 32.1. The number of benzene rings is 1. The third-order valence-corrected chi connectivity index (χ3v) is 2.88. The molecular weight excluding hydrogens is 252 g/mol. The van der Waals surface area contributed by atoms with Crippen molar-refractivity contribution in [2.75, 3.05) is 25.1 Å². The molecule has 1 aromatic carbocycles. The van der Waals surface area contributed by atoms with E-state index in [1.807, 2.05) is 31.2 Å². The van der Waals surface area contributed by atoms with Crippen molar-refractivity contribution in [2.24, 2.45) is 0 Å². The first-order valence-corrected chi connectivity index (χ1v) is 5.95. The minimum Gasteiger partial charge on any atom is -0.394 e. The second-order valence-corrected chi connectivity index (χ2v) is 4.56. The van der Waals surface area contributed by atoms with Gasteiger partial charge in [-0.2, -0.15) is 0 Å². The smallest absolute Gasteiger partial charge is 0.171 e. The van der Waals surface area contributed by atoms with Crippen molar-refractivity contribution < 1.29 is 15.3 Å². The third kappa shape index (κ3) is 3.64. The Labute approximate surface area is 111 Å². The zero-order valence-corrected chi connectivity index (χ0v) is 11.0. The molecule has 0 bridgehead atoms. The van der Waals surface area contributed by atoms with Gasteiger partial charge < -0.3 is 26.0 Å². The summed E-state index contributed by atoms with van der Waals surface area (Å²) in [5, 5.41) is 33.4. The van der Waals surface area contributed by atoms with Gasteiger partial charge in [-0.15, -0.1) is 0 Å². The van der Waals surface area contributed by atoms with E-state index in [0.717, 1.165) is 11.3 Å². The fourth-order valence-corrected chi connectivity index (χ4v) is 1.70. The maximum atomic E-state index is 9.18. The van der Waals surface area contributed by atoms with Crippen molar-refractivity contribution in [3.63, 3.8) is 0 Å². The summed E-state index contributed by atoms with van der Waals surface area (Å²) < 4.78 is 0. The fraction of sp³-hybridized carbons (Fsp3) is 0.417. The molecule has 6 heteroatoms. The van der Waals surface area contributed by atoms with Crippen LogP contribution in [0.2, 0.25) is 0 Å². The van der Waals surface area contributed by atoms with Gasteiger partial charge in [-0.1, -0.05) is 18.2 Å². The van der Waals surface area contributed by atoms with Crippen LogP contribution in [0.4, 0.5) is 5.69 Å². The highest BCUT2D eigenvalue weighted by Crippen LogP contribution is 2.13. The second kappa shape index (κ2) is 6.65. The van der Waals surface area contributed by atoms with Crippen molar-refractivity contribution in [2.45, 2.75) is 12.5 Å². The van der Waals surface area contributed by atoms with Gasteiger partial charge >= 0.3 is 0 Å². The topological polar surface area (TPSA) is 84.8 Å². The number of thiocarbonyl (C=S) groups is 1. The predicted molar refractivity (Wildman–Crippen MR) is 74.5 cm³/mol. The van der Waals surface area contributed by atoms with E-state index < -0.39 is 25.4 Å². The van der Waals surface area contributed by atoms with Crippen LogP contribution in [0.15, 0.2) is 24.3 Å². The summed E-state index contributed by atoms with van der Waals surface area (Å²) in [6.07, 6.45) is 0. The molecular formula is C12H18N2O3S. The van der Waals surface area contributed by atoms with Gasteiger partial charge in [-0.05, 0) is 30.8 Å². The van der Waals surface area contributed by atoms with Gasteiger partial charge in [0, 0.05) is 5.69 Å². The number of nitrogens with one attached hydrogen (secondary N) is 2. The van der Waals surface area contributed by atoms with Crippen LogP contribution in [-0.2, 0) is 0 Å². The number of hydrogen-bond donors (Lipinski definition) is 5. The van der Waals surface area contributed by atoms with Crippen LogP contribution in [0.25, 0.3) is 0 Å². The van der Waals surface area contributed by atoms with E-state index in [-0.39, 0.29) is 5.11 Å². The lowest BCUT2D eigenvalue weighted by molar-refractivity contribution is 0.0563. The van der Waals surface area contributed by atoms with Crippen molar-refractivity contribution >= 4 is 23.0 Å². The predicted octanol–water partition coefficient (Wildman–Crippen LogP) is -0.00288. The molecule has 18 heavy (non-hydrogen) atoms. The summed E-state index contributed by atoms with van der Waals surface area (Å²) in [6.45, 7) is 0.670. The van der Waals surface area contributed by atoms with E-state index in [9.17, 15) is 15.3 Å². The summed E-state index contributed by atoms with van der Waals surface area (Å²) in [4.78, 5) is 0. The van der Waals surface area contributed by atoms with E-state index in [0.29, 0.717) is 0 Å². The summed E-state index contributed by atoms with van der Waals surface area (Å²) >= 11 is 5.09. The van der Waals surface area contributed by atoms with E-state index in [2.05, 4.69) is 10.6 Å². The molecule has 0 radical (unpaired) electrons. The highest BCUT2D eigenvalue weighted by molar-refractivity contribution is 7.80. The Hall–Kier alpha value is -1.21. The number of anilines is 1. The fourth-order valence-electron chi connectivity index (χ4n) is 1.38. The van der Waals surface area contributed by atoms with Gasteiger partial charge in [0.15, 0.2) is 5.11 Å². The first kappa shape index (κ1) is 14.8. The van der Waals surface area contributed by atoms with E-state index in [1.54, 1.807) is 0 Å². The first-order valence-electron chi connectivity index (χ1n) is 5.54. The Kier molecular flexibility index (Phi) is 5.49. The Morgan fingerprint density at radius 2 is 1.72 bits per heavy atom. The molecule has 0 saturated carbocycles. The van der Waals surface area contributed by atoms with Crippen molar-refractivity contribution in [3.05, 3.63) is 29.8 Å². The van der Waals surface area contributed by atoms with Gasteiger partial charge in [-0.25, -0.2) is 0 Å². The average molecular weight is 270 g/mol. The molecule has 0 atom stereocenters. The lowest BCUT2D eigenvalue weighted by Gasteiger charge is -2.30. The molecule has 0 saturated heterocycles. The Bertz CT molecular complexity index is 400. The number of rotatable bonds is 5. The molecule has 0 spiro atoms. The Balaban J connectivity index is 2.70. The molecule has 0 amide bonds. The summed E-state index contributed by atoms with van der Waals surface area (Å²) in [5.74, 6) is 0. The van der Waals surface area contributed by atoms with Crippen LogP contribution >= 0.6 is 12.2 Å². The van der Waals surface area contributed by atoms with E-state index in [1.165, 1.54) is 0 Å². The molecule has 1 aromatic rings. The van der Waals surface area contributed by atoms with Gasteiger partial charge in [0.25, 0.3) is 0 Å². The first-order chi connectivity index (χ1) is 8.56. The number of para-hydroxylation sites is 1. The second-order valence-electron chi connectivity index (χ2n) is 4.15. The molecule has 1 rings (SSSR count). The minimum absolute atomic E-state index is 0.237. The number of aliphatic hydroxyl groups excluding tert-OH is 3. The molecule has 0 fully saturated rings. The zero-order chi connectivity index (χ0) is 13.6. The van der Waals surface area contributed by atoms with Crippen molar-refractivity contribution in [1.29, 1.82) is 0 Å². The lowest BCUT2D eigenvalue weighted by Crippen LogP contribution is -2.58. The SMILES string of the molecule is Cc1ccccc1NC(=S)NC(CO)(CO)CO. The summed E-state index contributed by atoms with van der Waals surface area (Å²) in [6, 6.07) is 7.58. The van der Waals surface area contributed by atoms with Crippen LogP contribution in [-0.4, -0.2) is 45.8 Å².